The van der Waals surface area contributed by atoms with Gasteiger partial charge in [0.05, 0.1) is 17.9 Å². The maximum atomic E-state index is 12.7. The van der Waals surface area contributed by atoms with Crippen LogP contribution in [0.25, 0.3) is 0 Å². The van der Waals surface area contributed by atoms with Gasteiger partial charge in [-0.25, -0.2) is 0 Å². The molecule has 1 fully saturated rings. The Morgan fingerprint density at radius 2 is 2.04 bits per heavy atom. The molecule has 2 aromatic rings. The lowest BCUT2D eigenvalue weighted by molar-refractivity contribution is 0.0934. The van der Waals surface area contributed by atoms with Crippen molar-refractivity contribution in [3.05, 3.63) is 47.2 Å². The van der Waals surface area contributed by atoms with Gasteiger partial charge < -0.3 is 14.3 Å². The number of aromatic nitrogens is 1. The van der Waals surface area contributed by atoms with E-state index in [1.807, 2.05) is 25.1 Å². The highest BCUT2D eigenvalue weighted by atomic mass is 16.3. The van der Waals surface area contributed by atoms with E-state index in [9.17, 15) is 4.79 Å². The predicted molar refractivity (Wildman–Crippen MR) is 90.6 cm³/mol. The van der Waals surface area contributed by atoms with Gasteiger partial charge in [0.1, 0.15) is 5.76 Å². The van der Waals surface area contributed by atoms with Crippen molar-refractivity contribution < 1.29 is 9.21 Å². The average molecular weight is 314 g/mol. The zero-order valence-electron chi connectivity index (χ0n) is 14.3. The number of nitrogens with one attached hydrogen (secondary N) is 1. The van der Waals surface area contributed by atoms with Crippen LogP contribution in [-0.2, 0) is 0 Å². The molecule has 124 valence electrons. The van der Waals surface area contributed by atoms with Crippen molar-refractivity contribution >= 4 is 5.91 Å². The second-order valence-corrected chi connectivity index (χ2v) is 6.66. The van der Waals surface area contributed by atoms with Gasteiger partial charge in [-0.2, -0.15) is 0 Å². The van der Waals surface area contributed by atoms with E-state index in [1.165, 1.54) is 37.8 Å². The van der Waals surface area contributed by atoms with E-state index in [4.69, 9.17) is 4.42 Å². The number of carbonyl (C=O) groups is 1. The molecular formula is C19H26N2O2. The Morgan fingerprint density at radius 3 is 2.70 bits per heavy atom. The summed E-state index contributed by atoms with van der Waals surface area (Å²) in [6.45, 7) is 6.11. The fourth-order valence-electron chi connectivity index (χ4n) is 3.79. The van der Waals surface area contributed by atoms with Gasteiger partial charge in [0.2, 0.25) is 0 Å². The van der Waals surface area contributed by atoms with Crippen LogP contribution in [-0.4, -0.2) is 10.5 Å². The van der Waals surface area contributed by atoms with Crippen LogP contribution in [0.5, 0.6) is 0 Å². The Hall–Kier alpha value is -1.97. The zero-order valence-corrected chi connectivity index (χ0v) is 14.3. The number of amides is 1. The second kappa shape index (κ2) is 6.65. The second-order valence-electron chi connectivity index (χ2n) is 6.66. The summed E-state index contributed by atoms with van der Waals surface area (Å²) in [5.41, 5.74) is 3.05. The quantitative estimate of drug-likeness (QED) is 0.889. The molecule has 23 heavy (non-hydrogen) atoms. The summed E-state index contributed by atoms with van der Waals surface area (Å²) < 4.78 is 7.73. The number of hydrogen-bond donors (Lipinski definition) is 1. The topological polar surface area (TPSA) is 47.2 Å². The number of aryl methyl sites for hydroxylation is 1. The lowest BCUT2D eigenvalue weighted by Gasteiger charge is -2.26. The van der Waals surface area contributed by atoms with Gasteiger partial charge in [-0.3, -0.25) is 4.79 Å². The van der Waals surface area contributed by atoms with Crippen molar-refractivity contribution in [2.45, 2.75) is 65.0 Å². The van der Waals surface area contributed by atoms with Gasteiger partial charge >= 0.3 is 0 Å². The monoisotopic (exact) mass is 314 g/mol. The minimum Gasteiger partial charge on any atom is -0.467 e. The average Bonchev–Trinajstić information content (AvgIpc) is 3.16. The van der Waals surface area contributed by atoms with E-state index in [0.29, 0.717) is 6.04 Å². The van der Waals surface area contributed by atoms with E-state index in [-0.39, 0.29) is 11.9 Å². The molecule has 2 aromatic heterocycles. The van der Waals surface area contributed by atoms with Crippen molar-refractivity contribution in [2.24, 2.45) is 0 Å². The predicted octanol–water partition coefficient (Wildman–Crippen LogP) is 4.69. The number of rotatable bonds is 4. The molecule has 0 radical (unpaired) electrons. The molecule has 3 rings (SSSR count). The summed E-state index contributed by atoms with van der Waals surface area (Å²) in [4.78, 5) is 12.7. The Balaban J connectivity index is 1.78. The van der Waals surface area contributed by atoms with Crippen LogP contribution in [0.1, 0.15) is 78.6 Å². The van der Waals surface area contributed by atoms with Gasteiger partial charge in [-0.1, -0.05) is 19.3 Å². The number of carbonyl (C=O) groups excluding carboxylic acids is 1. The van der Waals surface area contributed by atoms with Gasteiger partial charge in [-0.05, 0) is 51.8 Å². The standard InChI is InChI=1S/C19H26N2O2/c1-13-12-17(15(3)21(13)16-8-5-4-6-9-16)19(22)20-14(2)18-10-7-11-23-18/h7,10-12,14,16H,4-6,8-9H2,1-3H3,(H,20,22). The maximum absolute atomic E-state index is 12.7. The largest absolute Gasteiger partial charge is 0.467 e. The third-order valence-electron chi connectivity index (χ3n) is 4.99. The normalized spacial score (nSPS) is 17.2. The molecule has 1 aliphatic carbocycles. The van der Waals surface area contributed by atoms with Crippen molar-refractivity contribution in [1.82, 2.24) is 9.88 Å². The first-order valence-electron chi connectivity index (χ1n) is 8.60. The molecule has 2 heterocycles. The summed E-state index contributed by atoms with van der Waals surface area (Å²) in [6, 6.07) is 6.17. The summed E-state index contributed by atoms with van der Waals surface area (Å²) in [6.07, 6.45) is 7.99. The Morgan fingerprint density at radius 1 is 1.30 bits per heavy atom. The first-order chi connectivity index (χ1) is 11.1. The van der Waals surface area contributed by atoms with E-state index in [0.717, 1.165) is 17.0 Å². The van der Waals surface area contributed by atoms with Crippen LogP contribution in [0, 0.1) is 13.8 Å². The SMILES string of the molecule is Cc1cc(C(=O)NC(C)c2ccco2)c(C)n1C1CCCCC1. The van der Waals surface area contributed by atoms with E-state index in [2.05, 4.69) is 23.7 Å². The lowest BCUT2D eigenvalue weighted by atomic mass is 9.95. The van der Waals surface area contributed by atoms with Crippen molar-refractivity contribution in [3.8, 4) is 0 Å². The van der Waals surface area contributed by atoms with Gasteiger partial charge in [0.25, 0.3) is 5.91 Å². The molecule has 1 unspecified atom stereocenters. The molecule has 0 spiro atoms. The number of hydrogen-bond acceptors (Lipinski definition) is 2. The van der Waals surface area contributed by atoms with Crippen molar-refractivity contribution in [1.29, 1.82) is 0 Å². The van der Waals surface area contributed by atoms with Crippen LogP contribution in [0.2, 0.25) is 0 Å². The third-order valence-corrected chi connectivity index (χ3v) is 4.99. The Bertz CT molecular complexity index is 664. The van der Waals surface area contributed by atoms with Crippen LogP contribution >= 0.6 is 0 Å². The molecule has 0 aromatic carbocycles. The van der Waals surface area contributed by atoms with Crippen molar-refractivity contribution in [2.75, 3.05) is 0 Å². The molecule has 4 heteroatoms. The summed E-state index contributed by atoms with van der Waals surface area (Å²) in [5.74, 6) is 0.753. The summed E-state index contributed by atoms with van der Waals surface area (Å²) >= 11 is 0. The van der Waals surface area contributed by atoms with E-state index >= 15 is 0 Å². The van der Waals surface area contributed by atoms with Gasteiger partial charge in [0, 0.05) is 17.4 Å². The first-order valence-corrected chi connectivity index (χ1v) is 8.60. The maximum Gasteiger partial charge on any atom is 0.253 e. The molecule has 1 saturated carbocycles. The van der Waals surface area contributed by atoms with E-state index in [1.54, 1.807) is 6.26 Å². The minimum atomic E-state index is -0.129. The van der Waals surface area contributed by atoms with Crippen molar-refractivity contribution in [3.63, 3.8) is 0 Å². The van der Waals surface area contributed by atoms with Crippen LogP contribution < -0.4 is 5.32 Å². The molecule has 1 amide bonds. The van der Waals surface area contributed by atoms with E-state index < -0.39 is 0 Å². The fourth-order valence-corrected chi connectivity index (χ4v) is 3.79. The molecule has 0 saturated heterocycles. The van der Waals surface area contributed by atoms with Crippen LogP contribution in [0.4, 0.5) is 0 Å². The number of nitrogens with zero attached hydrogens (tertiary/aromatic N) is 1. The summed E-state index contributed by atoms with van der Waals surface area (Å²) in [5, 5.41) is 3.04. The molecule has 4 nitrogen and oxygen atoms in total. The highest BCUT2D eigenvalue weighted by Crippen LogP contribution is 2.32. The number of furan rings is 1. The van der Waals surface area contributed by atoms with Crippen LogP contribution in [0.15, 0.2) is 28.9 Å². The molecule has 1 N–H and O–H groups in total. The Labute approximate surface area is 137 Å². The smallest absolute Gasteiger partial charge is 0.253 e. The first kappa shape index (κ1) is 15.9. The minimum absolute atomic E-state index is 0.0240. The highest BCUT2D eigenvalue weighted by molar-refractivity contribution is 5.95. The fraction of sp³-hybridized carbons (Fsp3) is 0.526. The molecule has 1 aliphatic rings. The molecule has 0 aliphatic heterocycles. The van der Waals surface area contributed by atoms with Crippen LogP contribution in [0.3, 0.4) is 0 Å². The highest BCUT2D eigenvalue weighted by Gasteiger charge is 2.23. The molecular weight excluding hydrogens is 288 g/mol. The van der Waals surface area contributed by atoms with Gasteiger partial charge in [-0.15, -0.1) is 0 Å². The molecule has 0 bridgehead atoms. The Kier molecular flexibility index (Phi) is 4.60. The third kappa shape index (κ3) is 3.21. The summed E-state index contributed by atoms with van der Waals surface area (Å²) in [7, 11) is 0. The van der Waals surface area contributed by atoms with Gasteiger partial charge in [0.15, 0.2) is 0 Å². The zero-order chi connectivity index (χ0) is 16.4. The lowest BCUT2D eigenvalue weighted by Crippen LogP contribution is -2.27. The molecule has 1 atom stereocenters.